The van der Waals surface area contributed by atoms with Gasteiger partial charge in [-0.25, -0.2) is 0 Å². The first kappa shape index (κ1) is 10.3. The van der Waals surface area contributed by atoms with Gasteiger partial charge in [0.15, 0.2) is 0 Å². The van der Waals surface area contributed by atoms with Gasteiger partial charge in [0.05, 0.1) is 6.10 Å². The average molecular weight is 217 g/mol. The topological polar surface area (TPSA) is 46.2 Å². The SMILES string of the molecule is NCC1(c2ccc(C3CC3)cc2)CC(O)C1. The highest BCUT2D eigenvalue weighted by Crippen LogP contribution is 2.45. The van der Waals surface area contributed by atoms with Gasteiger partial charge in [-0.05, 0) is 42.7 Å². The summed E-state index contributed by atoms with van der Waals surface area (Å²) in [4.78, 5) is 0. The van der Waals surface area contributed by atoms with E-state index in [4.69, 9.17) is 5.73 Å². The molecule has 0 aliphatic heterocycles. The van der Waals surface area contributed by atoms with E-state index in [1.165, 1.54) is 24.0 Å². The van der Waals surface area contributed by atoms with E-state index in [1.54, 1.807) is 0 Å². The molecule has 2 saturated carbocycles. The van der Waals surface area contributed by atoms with Gasteiger partial charge >= 0.3 is 0 Å². The smallest absolute Gasteiger partial charge is 0.0558 e. The predicted octanol–water partition coefficient (Wildman–Crippen LogP) is 1.92. The predicted molar refractivity (Wildman–Crippen MR) is 64.4 cm³/mol. The van der Waals surface area contributed by atoms with Crippen molar-refractivity contribution in [3.63, 3.8) is 0 Å². The highest BCUT2D eigenvalue weighted by atomic mass is 16.3. The Morgan fingerprint density at radius 1 is 1.19 bits per heavy atom. The van der Waals surface area contributed by atoms with Gasteiger partial charge in [0.25, 0.3) is 0 Å². The molecule has 3 rings (SSSR count). The molecule has 86 valence electrons. The van der Waals surface area contributed by atoms with Crippen LogP contribution in [-0.4, -0.2) is 17.8 Å². The molecule has 3 N–H and O–H groups in total. The van der Waals surface area contributed by atoms with E-state index < -0.39 is 0 Å². The Morgan fingerprint density at radius 2 is 1.81 bits per heavy atom. The van der Waals surface area contributed by atoms with Crippen molar-refractivity contribution in [2.45, 2.75) is 43.1 Å². The summed E-state index contributed by atoms with van der Waals surface area (Å²) in [6.07, 6.45) is 4.20. The summed E-state index contributed by atoms with van der Waals surface area (Å²) in [5.41, 5.74) is 8.70. The number of benzene rings is 1. The lowest BCUT2D eigenvalue weighted by Gasteiger charge is -2.45. The van der Waals surface area contributed by atoms with Crippen LogP contribution < -0.4 is 5.73 Å². The van der Waals surface area contributed by atoms with Crippen molar-refractivity contribution < 1.29 is 5.11 Å². The summed E-state index contributed by atoms with van der Waals surface area (Å²) < 4.78 is 0. The molecule has 2 aliphatic rings. The Balaban J connectivity index is 1.82. The standard InChI is InChI=1S/C14H19NO/c15-9-14(7-13(16)8-14)12-5-3-11(4-6-12)10-1-2-10/h3-6,10,13,16H,1-2,7-9,15H2. The highest BCUT2D eigenvalue weighted by Gasteiger charge is 2.43. The molecule has 2 heteroatoms. The van der Waals surface area contributed by atoms with E-state index in [0.717, 1.165) is 18.8 Å². The largest absolute Gasteiger partial charge is 0.393 e. The van der Waals surface area contributed by atoms with Crippen molar-refractivity contribution in [2.75, 3.05) is 6.54 Å². The maximum Gasteiger partial charge on any atom is 0.0558 e. The fourth-order valence-electron chi connectivity index (χ4n) is 2.89. The Bertz CT molecular complexity index is 374. The van der Waals surface area contributed by atoms with Crippen molar-refractivity contribution in [1.82, 2.24) is 0 Å². The number of hydrogen-bond donors (Lipinski definition) is 2. The Morgan fingerprint density at radius 3 is 2.25 bits per heavy atom. The van der Waals surface area contributed by atoms with E-state index >= 15 is 0 Å². The summed E-state index contributed by atoms with van der Waals surface area (Å²) in [6, 6.07) is 8.92. The van der Waals surface area contributed by atoms with Crippen LogP contribution in [0.15, 0.2) is 24.3 Å². The zero-order valence-corrected chi connectivity index (χ0v) is 9.52. The molecular weight excluding hydrogens is 198 g/mol. The number of rotatable bonds is 3. The maximum atomic E-state index is 9.47. The second-order valence-corrected chi connectivity index (χ2v) is 5.44. The third-order valence-electron chi connectivity index (χ3n) is 4.22. The van der Waals surface area contributed by atoms with Crippen molar-refractivity contribution in [1.29, 1.82) is 0 Å². The third kappa shape index (κ3) is 1.57. The second-order valence-electron chi connectivity index (χ2n) is 5.44. The van der Waals surface area contributed by atoms with Crippen LogP contribution in [0.2, 0.25) is 0 Å². The molecule has 2 fully saturated rings. The minimum atomic E-state index is -0.147. The van der Waals surface area contributed by atoms with E-state index in [0.29, 0.717) is 6.54 Å². The molecule has 0 saturated heterocycles. The molecule has 1 aromatic carbocycles. The van der Waals surface area contributed by atoms with Gasteiger partial charge in [-0.2, -0.15) is 0 Å². The van der Waals surface area contributed by atoms with Crippen LogP contribution in [-0.2, 0) is 5.41 Å². The van der Waals surface area contributed by atoms with Gasteiger partial charge in [-0.15, -0.1) is 0 Å². The van der Waals surface area contributed by atoms with Gasteiger partial charge < -0.3 is 10.8 Å². The Labute approximate surface area is 96.5 Å². The van der Waals surface area contributed by atoms with Crippen LogP contribution in [0.5, 0.6) is 0 Å². The van der Waals surface area contributed by atoms with Crippen LogP contribution >= 0.6 is 0 Å². The maximum absolute atomic E-state index is 9.47. The van der Waals surface area contributed by atoms with Gasteiger partial charge in [0.1, 0.15) is 0 Å². The molecule has 0 heterocycles. The fourth-order valence-corrected chi connectivity index (χ4v) is 2.89. The first-order valence-corrected chi connectivity index (χ1v) is 6.22. The summed E-state index contributed by atoms with van der Waals surface area (Å²) in [6.45, 7) is 0.646. The van der Waals surface area contributed by atoms with Gasteiger partial charge in [0.2, 0.25) is 0 Å². The van der Waals surface area contributed by atoms with Gasteiger partial charge in [-0.1, -0.05) is 24.3 Å². The lowest BCUT2D eigenvalue weighted by molar-refractivity contribution is 0.0221. The van der Waals surface area contributed by atoms with Gasteiger partial charge in [-0.3, -0.25) is 0 Å². The zero-order chi connectivity index (χ0) is 11.2. The molecule has 0 bridgehead atoms. The third-order valence-corrected chi connectivity index (χ3v) is 4.22. The lowest BCUT2D eigenvalue weighted by Crippen LogP contribution is -2.49. The van der Waals surface area contributed by atoms with Crippen LogP contribution in [0, 0.1) is 0 Å². The molecule has 2 aliphatic carbocycles. The Hall–Kier alpha value is -0.860. The number of aliphatic hydroxyl groups excluding tert-OH is 1. The zero-order valence-electron chi connectivity index (χ0n) is 9.52. The van der Waals surface area contributed by atoms with Gasteiger partial charge in [0, 0.05) is 12.0 Å². The summed E-state index contributed by atoms with van der Waals surface area (Å²) >= 11 is 0. The van der Waals surface area contributed by atoms with E-state index in [2.05, 4.69) is 24.3 Å². The molecule has 16 heavy (non-hydrogen) atoms. The lowest BCUT2D eigenvalue weighted by atomic mass is 9.63. The van der Waals surface area contributed by atoms with Crippen LogP contribution in [0.25, 0.3) is 0 Å². The first-order valence-electron chi connectivity index (χ1n) is 6.22. The number of hydrogen-bond acceptors (Lipinski definition) is 2. The highest BCUT2D eigenvalue weighted by molar-refractivity contribution is 5.35. The summed E-state index contributed by atoms with van der Waals surface area (Å²) in [5.74, 6) is 0.815. The van der Waals surface area contributed by atoms with Crippen LogP contribution in [0.1, 0.15) is 42.7 Å². The average Bonchev–Trinajstić information content (AvgIpc) is 3.09. The minimum absolute atomic E-state index is 0.0570. The molecule has 0 aromatic heterocycles. The first-order chi connectivity index (χ1) is 7.73. The van der Waals surface area contributed by atoms with Crippen molar-refractivity contribution >= 4 is 0 Å². The van der Waals surface area contributed by atoms with Crippen molar-refractivity contribution in [2.24, 2.45) is 5.73 Å². The minimum Gasteiger partial charge on any atom is -0.393 e. The number of nitrogens with two attached hydrogens (primary N) is 1. The molecule has 0 unspecified atom stereocenters. The monoisotopic (exact) mass is 217 g/mol. The Kier molecular flexibility index (Phi) is 2.30. The van der Waals surface area contributed by atoms with Crippen molar-refractivity contribution in [3.05, 3.63) is 35.4 Å². The molecule has 0 amide bonds. The molecule has 2 nitrogen and oxygen atoms in total. The normalized spacial score (nSPS) is 33.5. The van der Waals surface area contributed by atoms with E-state index in [1.807, 2.05) is 0 Å². The summed E-state index contributed by atoms with van der Waals surface area (Å²) in [7, 11) is 0. The molecule has 0 radical (unpaired) electrons. The summed E-state index contributed by atoms with van der Waals surface area (Å²) in [5, 5.41) is 9.47. The van der Waals surface area contributed by atoms with E-state index in [9.17, 15) is 5.11 Å². The van der Waals surface area contributed by atoms with E-state index in [-0.39, 0.29) is 11.5 Å². The van der Waals surface area contributed by atoms with Crippen LogP contribution in [0.3, 0.4) is 0 Å². The fraction of sp³-hybridized carbons (Fsp3) is 0.571. The van der Waals surface area contributed by atoms with Crippen LogP contribution in [0.4, 0.5) is 0 Å². The number of aliphatic hydroxyl groups is 1. The molecule has 0 spiro atoms. The quantitative estimate of drug-likeness (QED) is 0.812. The van der Waals surface area contributed by atoms with Crippen molar-refractivity contribution in [3.8, 4) is 0 Å². The molecule has 0 atom stereocenters. The molecular formula is C14H19NO. The molecule has 1 aromatic rings. The second kappa shape index (κ2) is 3.57.